The summed E-state index contributed by atoms with van der Waals surface area (Å²) in [4.78, 5) is 5.54. The lowest BCUT2D eigenvalue weighted by molar-refractivity contribution is 0.305. The minimum atomic E-state index is 0.412. The first-order valence-corrected chi connectivity index (χ1v) is 6.78. The largest absolute Gasteiger partial charge is 0.487 e. The molecule has 0 fully saturated rings. The number of benzene rings is 1. The van der Waals surface area contributed by atoms with Crippen molar-refractivity contribution in [2.75, 3.05) is 0 Å². The maximum Gasteiger partial charge on any atom is 0.125 e. The van der Waals surface area contributed by atoms with Crippen molar-refractivity contribution in [3.8, 4) is 5.75 Å². The summed E-state index contributed by atoms with van der Waals surface area (Å²) in [6.07, 6.45) is 1.82. The van der Waals surface area contributed by atoms with E-state index in [2.05, 4.69) is 4.98 Å². The molecule has 0 atom stereocenters. The average molecular weight is 278 g/mol. The van der Waals surface area contributed by atoms with Crippen molar-refractivity contribution in [3.05, 3.63) is 45.4 Å². The quantitative estimate of drug-likeness (QED) is 0.874. The molecule has 0 aliphatic heterocycles. The van der Waals surface area contributed by atoms with Gasteiger partial charge in [0.1, 0.15) is 17.3 Å². The van der Waals surface area contributed by atoms with E-state index in [9.17, 15) is 0 Å². The van der Waals surface area contributed by atoms with E-state index in [1.54, 1.807) is 16.8 Å². The fourth-order valence-electron chi connectivity index (χ4n) is 1.78. The van der Waals surface area contributed by atoms with Crippen LogP contribution in [0.25, 0.3) is 0 Å². The highest BCUT2D eigenvalue weighted by atomic mass is 32.1. The van der Waals surface area contributed by atoms with Gasteiger partial charge in [-0.25, -0.2) is 0 Å². The van der Waals surface area contributed by atoms with Crippen molar-refractivity contribution in [1.29, 1.82) is 0 Å². The monoisotopic (exact) mass is 278 g/mol. The standard InChI is InChI=1S/C13H14N2OS2/c1-8-3-10(13(14)17)4-9(2)12(8)16-6-11-5-15-7-18-11/h3-5,7H,6H2,1-2H3,(H2,14,17). The Balaban J connectivity index is 2.20. The third-order valence-corrected chi connectivity index (χ3v) is 3.58. The molecule has 2 N–H and O–H groups in total. The molecule has 0 saturated carbocycles. The SMILES string of the molecule is Cc1cc(C(N)=S)cc(C)c1OCc1cncs1. The first-order valence-electron chi connectivity index (χ1n) is 5.49. The Morgan fingerprint density at radius 2 is 2.06 bits per heavy atom. The summed E-state index contributed by atoms with van der Waals surface area (Å²) in [6, 6.07) is 3.91. The molecular formula is C13H14N2OS2. The van der Waals surface area contributed by atoms with Crippen molar-refractivity contribution >= 4 is 28.5 Å². The molecule has 2 aromatic rings. The number of rotatable bonds is 4. The number of thiocarbonyl (C=S) groups is 1. The van der Waals surface area contributed by atoms with Crippen molar-refractivity contribution in [1.82, 2.24) is 4.98 Å². The van der Waals surface area contributed by atoms with Crippen LogP contribution in [0.2, 0.25) is 0 Å². The summed E-state index contributed by atoms with van der Waals surface area (Å²) >= 11 is 6.57. The van der Waals surface area contributed by atoms with Crippen LogP contribution in [0.3, 0.4) is 0 Å². The minimum absolute atomic E-state index is 0.412. The molecule has 3 nitrogen and oxygen atoms in total. The molecular weight excluding hydrogens is 264 g/mol. The first-order chi connectivity index (χ1) is 8.58. The average Bonchev–Trinajstić information content (AvgIpc) is 2.80. The summed E-state index contributed by atoms with van der Waals surface area (Å²) in [5.41, 5.74) is 10.4. The second-order valence-electron chi connectivity index (χ2n) is 4.06. The number of nitrogens with zero attached hydrogens (tertiary/aromatic N) is 1. The molecule has 0 unspecified atom stereocenters. The van der Waals surface area contributed by atoms with Crippen LogP contribution in [0.15, 0.2) is 23.8 Å². The number of ether oxygens (including phenoxy) is 1. The first kappa shape index (κ1) is 13.0. The molecule has 1 aromatic carbocycles. The molecule has 0 radical (unpaired) electrons. The van der Waals surface area contributed by atoms with Gasteiger partial charge in [-0.05, 0) is 37.1 Å². The summed E-state index contributed by atoms with van der Waals surface area (Å²) in [5, 5.41) is 0. The van der Waals surface area contributed by atoms with Gasteiger partial charge in [0.05, 0.1) is 10.4 Å². The second-order valence-corrected chi connectivity index (χ2v) is 5.47. The number of aryl methyl sites for hydroxylation is 2. The third kappa shape index (κ3) is 2.86. The van der Waals surface area contributed by atoms with Crippen molar-refractivity contribution in [2.24, 2.45) is 5.73 Å². The van der Waals surface area contributed by atoms with Crippen LogP contribution in [0, 0.1) is 13.8 Å². The predicted molar refractivity (Wildman–Crippen MR) is 78.2 cm³/mol. The van der Waals surface area contributed by atoms with Gasteiger partial charge in [-0.2, -0.15) is 0 Å². The molecule has 1 aromatic heterocycles. The Morgan fingerprint density at radius 1 is 1.39 bits per heavy atom. The summed E-state index contributed by atoms with van der Waals surface area (Å²) in [5.74, 6) is 0.892. The Kier molecular flexibility index (Phi) is 3.93. The fraction of sp³-hybridized carbons (Fsp3) is 0.231. The molecule has 0 aliphatic rings. The van der Waals surface area contributed by atoms with Gasteiger partial charge in [0.25, 0.3) is 0 Å². The highest BCUT2D eigenvalue weighted by molar-refractivity contribution is 7.80. The second kappa shape index (κ2) is 5.46. The molecule has 0 spiro atoms. The normalized spacial score (nSPS) is 10.3. The molecule has 1 heterocycles. The number of aromatic nitrogens is 1. The number of nitrogens with two attached hydrogens (primary N) is 1. The molecule has 0 bridgehead atoms. The van der Waals surface area contributed by atoms with Gasteiger partial charge in [-0.1, -0.05) is 12.2 Å². The number of hydrogen-bond donors (Lipinski definition) is 1. The van der Waals surface area contributed by atoms with E-state index < -0.39 is 0 Å². The predicted octanol–water partition coefficient (Wildman–Crippen LogP) is 2.97. The topological polar surface area (TPSA) is 48.1 Å². The van der Waals surface area contributed by atoms with Crippen LogP contribution in [0.5, 0.6) is 5.75 Å². The van der Waals surface area contributed by atoms with E-state index in [1.807, 2.05) is 32.2 Å². The van der Waals surface area contributed by atoms with Crippen LogP contribution in [-0.4, -0.2) is 9.97 Å². The molecule has 5 heteroatoms. The Hall–Kier alpha value is -1.46. The zero-order valence-electron chi connectivity index (χ0n) is 10.3. The van der Waals surface area contributed by atoms with Crippen LogP contribution in [0.1, 0.15) is 21.6 Å². The highest BCUT2D eigenvalue weighted by Crippen LogP contribution is 2.26. The lowest BCUT2D eigenvalue weighted by atomic mass is 10.1. The maximum absolute atomic E-state index is 5.83. The van der Waals surface area contributed by atoms with E-state index >= 15 is 0 Å². The van der Waals surface area contributed by atoms with Crippen LogP contribution in [0.4, 0.5) is 0 Å². The zero-order valence-corrected chi connectivity index (χ0v) is 11.9. The molecule has 2 rings (SSSR count). The van der Waals surface area contributed by atoms with Crippen LogP contribution in [-0.2, 0) is 6.61 Å². The van der Waals surface area contributed by atoms with Crippen molar-refractivity contribution in [3.63, 3.8) is 0 Å². The maximum atomic E-state index is 5.83. The van der Waals surface area contributed by atoms with E-state index in [4.69, 9.17) is 22.7 Å². The van der Waals surface area contributed by atoms with Crippen LogP contribution < -0.4 is 10.5 Å². The fourth-order valence-corrected chi connectivity index (χ4v) is 2.40. The van der Waals surface area contributed by atoms with Gasteiger partial charge in [-0.3, -0.25) is 4.98 Å². The van der Waals surface area contributed by atoms with Gasteiger partial charge in [-0.15, -0.1) is 11.3 Å². The lowest BCUT2D eigenvalue weighted by Gasteiger charge is -2.13. The molecule has 0 amide bonds. The summed E-state index contributed by atoms with van der Waals surface area (Å²) in [7, 11) is 0. The Labute approximate surface area is 116 Å². The minimum Gasteiger partial charge on any atom is -0.487 e. The van der Waals surface area contributed by atoms with Gasteiger partial charge >= 0.3 is 0 Å². The van der Waals surface area contributed by atoms with Crippen LogP contribution >= 0.6 is 23.6 Å². The summed E-state index contributed by atoms with van der Waals surface area (Å²) < 4.78 is 5.83. The Morgan fingerprint density at radius 3 is 2.56 bits per heavy atom. The molecule has 0 saturated heterocycles. The molecule has 94 valence electrons. The van der Waals surface area contributed by atoms with E-state index in [0.29, 0.717) is 11.6 Å². The highest BCUT2D eigenvalue weighted by Gasteiger charge is 2.08. The van der Waals surface area contributed by atoms with Gasteiger partial charge < -0.3 is 10.5 Å². The summed E-state index contributed by atoms with van der Waals surface area (Å²) in [6.45, 7) is 4.53. The Bertz CT molecular complexity index is 541. The molecule has 18 heavy (non-hydrogen) atoms. The number of hydrogen-bond acceptors (Lipinski definition) is 4. The lowest BCUT2D eigenvalue weighted by Crippen LogP contribution is -2.10. The smallest absolute Gasteiger partial charge is 0.125 e. The van der Waals surface area contributed by atoms with E-state index in [1.165, 1.54) is 0 Å². The number of thiazole rings is 1. The zero-order chi connectivity index (χ0) is 13.1. The van der Waals surface area contributed by atoms with Gasteiger partial charge in [0, 0.05) is 11.8 Å². The third-order valence-electron chi connectivity index (χ3n) is 2.59. The van der Waals surface area contributed by atoms with Crippen molar-refractivity contribution in [2.45, 2.75) is 20.5 Å². The van der Waals surface area contributed by atoms with Gasteiger partial charge in [0.2, 0.25) is 0 Å². The van der Waals surface area contributed by atoms with Gasteiger partial charge in [0.15, 0.2) is 0 Å². The van der Waals surface area contributed by atoms with E-state index in [-0.39, 0.29) is 0 Å². The molecule has 0 aliphatic carbocycles. The van der Waals surface area contributed by atoms with Crippen molar-refractivity contribution < 1.29 is 4.74 Å². The van der Waals surface area contributed by atoms with E-state index in [0.717, 1.165) is 27.3 Å².